The quantitative estimate of drug-likeness (QED) is 0.591. The van der Waals surface area contributed by atoms with Gasteiger partial charge in [0, 0.05) is 0 Å². The maximum Gasteiger partial charge on any atom is 0.232 e. The van der Waals surface area contributed by atoms with Gasteiger partial charge in [0.15, 0.2) is 0 Å². The van der Waals surface area contributed by atoms with E-state index in [0.29, 0.717) is 0 Å². The van der Waals surface area contributed by atoms with Gasteiger partial charge in [-0.3, -0.25) is 14.9 Å². The van der Waals surface area contributed by atoms with Crippen LogP contribution in [0, 0.1) is 11.8 Å². The van der Waals surface area contributed by atoms with Crippen molar-refractivity contribution in [1.29, 1.82) is 0 Å². The van der Waals surface area contributed by atoms with E-state index < -0.39 is 23.9 Å². The minimum atomic E-state index is -1.31. The summed E-state index contributed by atoms with van der Waals surface area (Å²) >= 11 is 0. The number of rotatable bonds is 1. The number of piperidine rings is 1. The lowest BCUT2D eigenvalue weighted by Gasteiger charge is -2.27. The summed E-state index contributed by atoms with van der Waals surface area (Å²) in [6.07, 6.45) is -1.50. The SMILES string of the molecule is CC(C)C1C(=O)NC(=O)CC1F. The number of amides is 2. The molecule has 1 aliphatic rings. The van der Waals surface area contributed by atoms with E-state index in [0.717, 1.165) is 0 Å². The van der Waals surface area contributed by atoms with E-state index in [9.17, 15) is 14.0 Å². The third-order valence-corrected chi connectivity index (χ3v) is 2.05. The van der Waals surface area contributed by atoms with Crippen LogP contribution in [0.15, 0.2) is 0 Å². The first kappa shape index (κ1) is 9.16. The van der Waals surface area contributed by atoms with Crippen molar-refractivity contribution in [2.75, 3.05) is 0 Å². The monoisotopic (exact) mass is 173 g/mol. The Balaban J connectivity index is 2.73. The van der Waals surface area contributed by atoms with E-state index in [4.69, 9.17) is 0 Å². The van der Waals surface area contributed by atoms with E-state index in [1.54, 1.807) is 13.8 Å². The Kier molecular flexibility index (Phi) is 2.45. The fourth-order valence-corrected chi connectivity index (χ4v) is 1.46. The molecule has 0 spiro atoms. The zero-order chi connectivity index (χ0) is 9.30. The molecule has 0 bridgehead atoms. The molecule has 0 aromatic heterocycles. The smallest absolute Gasteiger partial charge is 0.232 e. The van der Waals surface area contributed by atoms with Gasteiger partial charge in [-0.25, -0.2) is 4.39 Å². The maximum atomic E-state index is 13.1. The van der Waals surface area contributed by atoms with Crippen LogP contribution in [-0.4, -0.2) is 18.0 Å². The van der Waals surface area contributed by atoms with Crippen LogP contribution in [0.2, 0.25) is 0 Å². The maximum absolute atomic E-state index is 13.1. The summed E-state index contributed by atoms with van der Waals surface area (Å²) in [6, 6.07) is 0. The third-order valence-electron chi connectivity index (χ3n) is 2.05. The summed E-state index contributed by atoms with van der Waals surface area (Å²) in [6.45, 7) is 3.54. The first-order valence-corrected chi connectivity index (χ1v) is 4.00. The van der Waals surface area contributed by atoms with E-state index in [2.05, 4.69) is 5.32 Å². The van der Waals surface area contributed by atoms with Crippen LogP contribution in [0.1, 0.15) is 20.3 Å². The van der Waals surface area contributed by atoms with Gasteiger partial charge in [-0.1, -0.05) is 13.8 Å². The molecule has 0 saturated carbocycles. The lowest BCUT2D eigenvalue weighted by Crippen LogP contribution is -2.48. The highest BCUT2D eigenvalue weighted by molar-refractivity contribution is 5.99. The fraction of sp³-hybridized carbons (Fsp3) is 0.750. The van der Waals surface area contributed by atoms with E-state index in [-0.39, 0.29) is 12.3 Å². The average Bonchev–Trinajstić information content (AvgIpc) is 1.82. The Morgan fingerprint density at radius 1 is 1.50 bits per heavy atom. The van der Waals surface area contributed by atoms with Crippen LogP contribution in [0.3, 0.4) is 0 Å². The molecule has 0 aromatic rings. The molecule has 1 aliphatic heterocycles. The van der Waals surface area contributed by atoms with E-state index in [1.807, 2.05) is 0 Å². The number of carbonyl (C=O) groups is 2. The Hall–Kier alpha value is -0.930. The van der Waals surface area contributed by atoms with Crippen LogP contribution >= 0.6 is 0 Å². The zero-order valence-corrected chi connectivity index (χ0v) is 7.13. The van der Waals surface area contributed by atoms with Gasteiger partial charge in [0.1, 0.15) is 6.17 Å². The molecular formula is C8H12FNO2. The highest BCUT2D eigenvalue weighted by Crippen LogP contribution is 2.23. The number of hydrogen-bond donors (Lipinski definition) is 1. The van der Waals surface area contributed by atoms with Gasteiger partial charge in [-0.15, -0.1) is 0 Å². The second-order valence-corrected chi connectivity index (χ2v) is 3.40. The van der Waals surface area contributed by atoms with Gasteiger partial charge >= 0.3 is 0 Å². The molecule has 2 amide bonds. The summed E-state index contributed by atoms with van der Waals surface area (Å²) in [5.74, 6) is -1.71. The molecule has 3 nitrogen and oxygen atoms in total. The minimum absolute atomic E-state index is 0.0619. The topological polar surface area (TPSA) is 46.2 Å². The highest BCUT2D eigenvalue weighted by Gasteiger charge is 2.37. The van der Waals surface area contributed by atoms with Crippen molar-refractivity contribution in [2.24, 2.45) is 11.8 Å². The average molecular weight is 173 g/mol. The number of halogens is 1. The van der Waals surface area contributed by atoms with Gasteiger partial charge in [0.05, 0.1) is 12.3 Å². The van der Waals surface area contributed by atoms with Crippen LogP contribution < -0.4 is 5.32 Å². The van der Waals surface area contributed by atoms with Crippen LogP contribution in [0.5, 0.6) is 0 Å². The number of hydrogen-bond acceptors (Lipinski definition) is 2. The second-order valence-electron chi connectivity index (χ2n) is 3.40. The van der Waals surface area contributed by atoms with Crippen LogP contribution in [-0.2, 0) is 9.59 Å². The second kappa shape index (κ2) is 3.21. The summed E-state index contributed by atoms with van der Waals surface area (Å²) in [7, 11) is 0. The normalized spacial score (nSPS) is 30.7. The van der Waals surface area contributed by atoms with E-state index in [1.165, 1.54) is 0 Å². The predicted octanol–water partition coefficient (Wildman–Crippen LogP) is 0.643. The van der Waals surface area contributed by atoms with Crippen molar-refractivity contribution in [3.05, 3.63) is 0 Å². The first-order chi connectivity index (χ1) is 5.52. The molecule has 2 unspecified atom stereocenters. The molecule has 1 fully saturated rings. The molecule has 2 atom stereocenters. The molecule has 1 rings (SSSR count). The molecule has 1 N–H and O–H groups in total. The fourth-order valence-electron chi connectivity index (χ4n) is 1.46. The van der Waals surface area contributed by atoms with E-state index >= 15 is 0 Å². The summed E-state index contributed by atoms with van der Waals surface area (Å²) in [5.41, 5.74) is 0. The first-order valence-electron chi connectivity index (χ1n) is 4.00. The number of imide groups is 1. The zero-order valence-electron chi connectivity index (χ0n) is 7.13. The summed E-state index contributed by atoms with van der Waals surface area (Å²) in [5, 5.41) is 2.12. The van der Waals surface area contributed by atoms with Crippen LogP contribution in [0.25, 0.3) is 0 Å². The number of nitrogens with one attached hydrogen (secondary N) is 1. The minimum Gasteiger partial charge on any atom is -0.296 e. The largest absolute Gasteiger partial charge is 0.296 e. The highest BCUT2D eigenvalue weighted by atomic mass is 19.1. The summed E-state index contributed by atoms with van der Waals surface area (Å²) < 4.78 is 13.1. The molecule has 1 saturated heterocycles. The van der Waals surface area contributed by atoms with Crippen molar-refractivity contribution in [2.45, 2.75) is 26.4 Å². The Labute approximate surface area is 70.3 Å². The molecule has 0 aromatic carbocycles. The van der Waals surface area contributed by atoms with Crippen molar-refractivity contribution >= 4 is 11.8 Å². The standard InChI is InChI=1S/C8H12FNO2/c1-4(2)7-5(9)3-6(11)10-8(7)12/h4-5,7H,3H2,1-2H3,(H,10,11,12). The van der Waals surface area contributed by atoms with Crippen molar-refractivity contribution in [3.63, 3.8) is 0 Å². The Bertz CT molecular complexity index is 215. The van der Waals surface area contributed by atoms with Gasteiger partial charge in [0.2, 0.25) is 11.8 Å². The van der Waals surface area contributed by atoms with Crippen molar-refractivity contribution < 1.29 is 14.0 Å². The molecule has 0 radical (unpaired) electrons. The Morgan fingerprint density at radius 3 is 2.50 bits per heavy atom. The predicted molar refractivity (Wildman–Crippen MR) is 41.0 cm³/mol. The lowest BCUT2D eigenvalue weighted by atomic mass is 9.86. The van der Waals surface area contributed by atoms with Crippen LogP contribution in [0.4, 0.5) is 4.39 Å². The van der Waals surface area contributed by atoms with Crippen molar-refractivity contribution in [3.8, 4) is 0 Å². The third kappa shape index (κ3) is 1.62. The molecule has 4 heteroatoms. The van der Waals surface area contributed by atoms with Crippen molar-refractivity contribution in [1.82, 2.24) is 5.32 Å². The molecular weight excluding hydrogens is 161 g/mol. The van der Waals surface area contributed by atoms with Gasteiger partial charge in [0.25, 0.3) is 0 Å². The summed E-state index contributed by atoms with van der Waals surface area (Å²) in [4.78, 5) is 21.8. The van der Waals surface area contributed by atoms with Gasteiger partial charge < -0.3 is 0 Å². The number of alkyl halides is 1. The Morgan fingerprint density at radius 2 is 2.08 bits per heavy atom. The molecule has 12 heavy (non-hydrogen) atoms. The lowest BCUT2D eigenvalue weighted by molar-refractivity contribution is -0.140. The molecule has 68 valence electrons. The van der Waals surface area contributed by atoms with Gasteiger partial charge in [-0.05, 0) is 5.92 Å². The van der Waals surface area contributed by atoms with Gasteiger partial charge in [-0.2, -0.15) is 0 Å². The molecule has 1 heterocycles. The molecule has 0 aliphatic carbocycles. The number of carbonyl (C=O) groups excluding carboxylic acids is 2.